The van der Waals surface area contributed by atoms with Gasteiger partial charge in [-0.05, 0) is 24.6 Å². The van der Waals surface area contributed by atoms with E-state index in [1.54, 1.807) is 0 Å². The third kappa shape index (κ3) is 1.80. The normalized spacial score (nSPS) is 10.6. The molecule has 1 aromatic carbocycles. The second kappa shape index (κ2) is 3.76. The number of halogens is 2. The first-order chi connectivity index (χ1) is 7.09. The Morgan fingerprint density at radius 2 is 2.07 bits per heavy atom. The zero-order valence-corrected chi connectivity index (χ0v) is 9.43. The first kappa shape index (κ1) is 10.3. The molecular weight excluding hydrogens is 235 g/mol. The van der Waals surface area contributed by atoms with Gasteiger partial charge >= 0.3 is 0 Å². The van der Waals surface area contributed by atoms with Crippen LogP contribution in [0.4, 0.5) is 5.82 Å². The molecule has 0 aliphatic carbocycles. The molecule has 0 atom stereocenters. The van der Waals surface area contributed by atoms with E-state index in [1.165, 1.54) is 0 Å². The Balaban J connectivity index is 2.59. The van der Waals surface area contributed by atoms with Crippen LogP contribution in [-0.4, -0.2) is 5.16 Å². The van der Waals surface area contributed by atoms with Crippen molar-refractivity contribution in [1.29, 1.82) is 0 Å². The first-order valence-corrected chi connectivity index (χ1v) is 5.02. The Bertz CT molecular complexity index is 508. The quantitative estimate of drug-likeness (QED) is 0.833. The second-order valence-electron chi connectivity index (χ2n) is 3.19. The van der Waals surface area contributed by atoms with E-state index in [9.17, 15) is 0 Å². The average molecular weight is 243 g/mol. The summed E-state index contributed by atoms with van der Waals surface area (Å²) in [7, 11) is 0. The number of hydrogen-bond donors (Lipinski definition) is 1. The Morgan fingerprint density at radius 3 is 2.60 bits per heavy atom. The average Bonchev–Trinajstić information content (AvgIpc) is 2.49. The van der Waals surface area contributed by atoms with Gasteiger partial charge in [0.25, 0.3) is 0 Å². The number of benzene rings is 1. The molecule has 15 heavy (non-hydrogen) atoms. The molecule has 0 aliphatic rings. The molecule has 2 rings (SSSR count). The molecule has 2 N–H and O–H groups in total. The van der Waals surface area contributed by atoms with Crippen molar-refractivity contribution in [3.63, 3.8) is 0 Å². The molecule has 0 saturated heterocycles. The number of aryl methyl sites for hydroxylation is 1. The maximum atomic E-state index is 6.06. The number of aromatic nitrogens is 1. The van der Waals surface area contributed by atoms with Crippen LogP contribution in [0.1, 0.15) is 5.56 Å². The number of anilines is 1. The van der Waals surface area contributed by atoms with Crippen LogP contribution in [0.5, 0.6) is 0 Å². The lowest BCUT2D eigenvalue weighted by Gasteiger charge is -2.01. The fraction of sp³-hybridized carbons (Fsp3) is 0.100. The Labute approximate surface area is 96.8 Å². The smallest absolute Gasteiger partial charge is 0.189 e. The van der Waals surface area contributed by atoms with Gasteiger partial charge in [-0.3, -0.25) is 0 Å². The van der Waals surface area contributed by atoms with Gasteiger partial charge in [-0.2, -0.15) is 0 Å². The SMILES string of the molecule is Cc1ccc(-c2onc(N)c2Cl)c(Cl)c1. The van der Waals surface area contributed by atoms with Crippen molar-refractivity contribution in [2.75, 3.05) is 5.73 Å². The lowest BCUT2D eigenvalue weighted by atomic mass is 10.1. The van der Waals surface area contributed by atoms with Crippen LogP contribution in [-0.2, 0) is 0 Å². The Morgan fingerprint density at radius 1 is 1.33 bits per heavy atom. The molecule has 0 bridgehead atoms. The van der Waals surface area contributed by atoms with Crippen LogP contribution < -0.4 is 5.73 Å². The van der Waals surface area contributed by atoms with Gasteiger partial charge in [0.2, 0.25) is 0 Å². The summed E-state index contributed by atoms with van der Waals surface area (Å²) in [6, 6.07) is 5.56. The highest BCUT2D eigenvalue weighted by molar-refractivity contribution is 6.37. The molecule has 1 aromatic heterocycles. The van der Waals surface area contributed by atoms with Gasteiger partial charge in [0.15, 0.2) is 11.6 Å². The molecule has 5 heteroatoms. The van der Waals surface area contributed by atoms with Crippen molar-refractivity contribution in [2.45, 2.75) is 6.92 Å². The first-order valence-electron chi connectivity index (χ1n) is 4.26. The summed E-state index contributed by atoms with van der Waals surface area (Å²) in [5.74, 6) is 0.572. The zero-order valence-electron chi connectivity index (χ0n) is 7.92. The van der Waals surface area contributed by atoms with Crippen molar-refractivity contribution in [3.05, 3.63) is 33.8 Å². The number of nitrogens with two attached hydrogens (primary N) is 1. The van der Waals surface area contributed by atoms with E-state index in [-0.39, 0.29) is 5.82 Å². The van der Waals surface area contributed by atoms with E-state index in [1.807, 2.05) is 25.1 Å². The topological polar surface area (TPSA) is 52.0 Å². The fourth-order valence-electron chi connectivity index (χ4n) is 1.26. The molecule has 0 spiro atoms. The monoisotopic (exact) mass is 242 g/mol. The highest BCUT2D eigenvalue weighted by atomic mass is 35.5. The van der Waals surface area contributed by atoms with E-state index in [0.29, 0.717) is 21.4 Å². The van der Waals surface area contributed by atoms with Crippen LogP contribution in [0.3, 0.4) is 0 Å². The van der Waals surface area contributed by atoms with E-state index < -0.39 is 0 Å². The predicted molar refractivity (Wildman–Crippen MR) is 61.1 cm³/mol. The standard InChI is InChI=1S/C10H8Cl2N2O/c1-5-2-3-6(7(11)4-5)9-8(12)10(13)14-15-9/h2-4H,1H3,(H2,13,14). The molecule has 0 saturated carbocycles. The fourth-order valence-corrected chi connectivity index (χ4v) is 1.75. The highest BCUT2D eigenvalue weighted by Crippen LogP contribution is 2.36. The van der Waals surface area contributed by atoms with E-state index in [4.69, 9.17) is 33.5 Å². The maximum Gasteiger partial charge on any atom is 0.189 e. The van der Waals surface area contributed by atoms with Gasteiger partial charge in [0, 0.05) is 5.56 Å². The molecule has 3 nitrogen and oxygen atoms in total. The summed E-state index contributed by atoms with van der Waals surface area (Å²) in [4.78, 5) is 0. The maximum absolute atomic E-state index is 6.06. The van der Waals surface area contributed by atoms with Gasteiger partial charge in [-0.25, -0.2) is 0 Å². The molecular formula is C10H8Cl2N2O. The zero-order chi connectivity index (χ0) is 11.0. The summed E-state index contributed by atoms with van der Waals surface area (Å²) >= 11 is 12.0. The second-order valence-corrected chi connectivity index (χ2v) is 3.98. The summed E-state index contributed by atoms with van der Waals surface area (Å²) in [5, 5.41) is 4.42. The van der Waals surface area contributed by atoms with Crippen LogP contribution in [0, 0.1) is 6.92 Å². The summed E-state index contributed by atoms with van der Waals surface area (Å²) in [6.45, 7) is 1.95. The number of hydrogen-bond acceptors (Lipinski definition) is 3. The van der Waals surface area contributed by atoms with Crippen LogP contribution >= 0.6 is 23.2 Å². The van der Waals surface area contributed by atoms with Crippen LogP contribution in [0.2, 0.25) is 10.0 Å². The van der Waals surface area contributed by atoms with Crippen LogP contribution in [0.25, 0.3) is 11.3 Å². The Kier molecular flexibility index (Phi) is 2.59. The van der Waals surface area contributed by atoms with Gasteiger partial charge in [0.1, 0.15) is 5.02 Å². The number of nitrogen functional groups attached to an aromatic ring is 1. The largest absolute Gasteiger partial charge is 0.380 e. The van der Waals surface area contributed by atoms with Gasteiger partial charge in [0.05, 0.1) is 5.02 Å². The van der Waals surface area contributed by atoms with Crippen LogP contribution in [0.15, 0.2) is 22.7 Å². The molecule has 2 aromatic rings. The lowest BCUT2D eigenvalue weighted by molar-refractivity contribution is 0.436. The molecule has 0 amide bonds. The van der Waals surface area contributed by atoms with Crippen molar-refractivity contribution < 1.29 is 4.52 Å². The predicted octanol–water partition coefficient (Wildman–Crippen LogP) is 3.54. The van der Waals surface area contributed by atoms with Gasteiger partial charge in [-0.1, -0.05) is 34.4 Å². The molecule has 0 radical (unpaired) electrons. The Hall–Kier alpha value is -1.19. The minimum absolute atomic E-state index is 0.170. The third-order valence-electron chi connectivity index (χ3n) is 2.03. The van der Waals surface area contributed by atoms with E-state index in [2.05, 4.69) is 5.16 Å². The molecule has 78 valence electrons. The summed E-state index contributed by atoms with van der Waals surface area (Å²) < 4.78 is 5.01. The van der Waals surface area contributed by atoms with E-state index in [0.717, 1.165) is 5.56 Å². The minimum Gasteiger partial charge on any atom is -0.380 e. The molecule has 0 aliphatic heterocycles. The summed E-state index contributed by atoms with van der Waals surface area (Å²) in [6.07, 6.45) is 0. The minimum atomic E-state index is 0.170. The van der Waals surface area contributed by atoms with Crippen molar-refractivity contribution in [3.8, 4) is 11.3 Å². The van der Waals surface area contributed by atoms with Gasteiger partial charge < -0.3 is 10.3 Å². The number of rotatable bonds is 1. The lowest BCUT2D eigenvalue weighted by Crippen LogP contribution is -1.83. The van der Waals surface area contributed by atoms with E-state index >= 15 is 0 Å². The van der Waals surface area contributed by atoms with Crippen molar-refractivity contribution >= 4 is 29.0 Å². The molecule has 1 heterocycles. The van der Waals surface area contributed by atoms with Crippen molar-refractivity contribution in [2.24, 2.45) is 0 Å². The van der Waals surface area contributed by atoms with Gasteiger partial charge in [-0.15, -0.1) is 0 Å². The van der Waals surface area contributed by atoms with Crippen molar-refractivity contribution in [1.82, 2.24) is 5.16 Å². The molecule has 0 fully saturated rings. The number of nitrogens with zero attached hydrogens (tertiary/aromatic N) is 1. The molecule has 0 unspecified atom stereocenters. The summed E-state index contributed by atoms with van der Waals surface area (Å²) in [5.41, 5.74) is 7.23. The highest BCUT2D eigenvalue weighted by Gasteiger charge is 2.15. The third-order valence-corrected chi connectivity index (χ3v) is 2.71.